The van der Waals surface area contributed by atoms with Gasteiger partial charge in [-0.1, -0.05) is 12.1 Å². The summed E-state index contributed by atoms with van der Waals surface area (Å²) in [7, 11) is 0. The Kier molecular flexibility index (Phi) is 3.07. The number of benzene rings is 1. The minimum Gasteiger partial charge on any atom is -0.493 e. The lowest BCUT2D eigenvalue weighted by Gasteiger charge is -2.21. The van der Waals surface area contributed by atoms with Crippen LogP contribution in [-0.4, -0.2) is 11.7 Å². The van der Waals surface area contributed by atoms with Crippen LogP contribution in [0, 0.1) is 0 Å². The minimum atomic E-state index is -0.845. The molecule has 1 aliphatic heterocycles. The highest BCUT2D eigenvalue weighted by molar-refractivity contribution is 5.39. The summed E-state index contributed by atoms with van der Waals surface area (Å²) in [5, 5.41) is 10.4. The largest absolute Gasteiger partial charge is 0.493 e. The van der Waals surface area contributed by atoms with E-state index in [-0.39, 0.29) is 0 Å². The number of aliphatic hydroxyl groups is 1. The molecule has 2 aromatic rings. The summed E-state index contributed by atoms with van der Waals surface area (Å²) < 4.78 is 10.5. The summed E-state index contributed by atoms with van der Waals surface area (Å²) in [6.45, 7) is 2.61. The van der Waals surface area contributed by atoms with Crippen LogP contribution in [0.25, 0.3) is 0 Å². The highest BCUT2D eigenvalue weighted by atomic mass is 16.5. The van der Waals surface area contributed by atoms with Crippen LogP contribution in [0.2, 0.25) is 0 Å². The molecule has 3 nitrogen and oxygen atoms in total. The Bertz CT molecular complexity index is 555. The van der Waals surface area contributed by atoms with E-state index in [0.717, 1.165) is 30.8 Å². The molecule has 0 spiro atoms. The first kappa shape index (κ1) is 12.3. The van der Waals surface area contributed by atoms with Crippen LogP contribution in [-0.2, 0) is 18.4 Å². The molecule has 1 N–H and O–H groups in total. The van der Waals surface area contributed by atoms with E-state index < -0.39 is 5.60 Å². The number of furan rings is 1. The SMILES string of the molecule is CC(O)(CCc1ccc2c(c1)CCO2)c1ccoc1. The molecule has 0 saturated heterocycles. The lowest BCUT2D eigenvalue weighted by molar-refractivity contribution is 0.0474. The van der Waals surface area contributed by atoms with Crippen LogP contribution >= 0.6 is 0 Å². The fourth-order valence-electron chi connectivity index (χ4n) is 2.50. The van der Waals surface area contributed by atoms with Gasteiger partial charge in [0, 0.05) is 12.0 Å². The normalized spacial score (nSPS) is 16.7. The molecule has 3 rings (SSSR count). The average molecular weight is 258 g/mol. The third kappa shape index (κ3) is 2.51. The molecule has 3 heteroatoms. The molecule has 2 heterocycles. The van der Waals surface area contributed by atoms with Crippen LogP contribution in [0.15, 0.2) is 41.2 Å². The van der Waals surface area contributed by atoms with Crippen molar-refractivity contribution in [3.8, 4) is 5.75 Å². The zero-order valence-corrected chi connectivity index (χ0v) is 11.1. The van der Waals surface area contributed by atoms with Crippen molar-refractivity contribution in [2.75, 3.05) is 6.61 Å². The molecule has 1 atom stereocenters. The molecule has 1 aromatic heterocycles. The molecule has 19 heavy (non-hydrogen) atoms. The first-order chi connectivity index (χ1) is 9.15. The maximum absolute atomic E-state index is 10.4. The molecule has 0 aliphatic carbocycles. The number of ether oxygens (including phenoxy) is 1. The van der Waals surface area contributed by atoms with Crippen molar-refractivity contribution in [3.05, 3.63) is 53.5 Å². The maximum Gasteiger partial charge on any atom is 0.122 e. The second kappa shape index (κ2) is 4.74. The molecule has 1 unspecified atom stereocenters. The topological polar surface area (TPSA) is 42.6 Å². The first-order valence-corrected chi connectivity index (χ1v) is 6.65. The minimum absolute atomic E-state index is 0.673. The molecule has 1 aliphatic rings. The monoisotopic (exact) mass is 258 g/mol. The van der Waals surface area contributed by atoms with E-state index in [0.29, 0.717) is 6.42 Å². The van der Waals surface area contributed by atoms with Crippen molar-refractivity contribution in [1.29, 1.82) is 0 Å². The van der Waals surface area contributed by atoms with Crippen LogP contribution < -0.4 is 4.74 Å². The Hall–Kier alpha value is -1.74. The average Bonchev–Trinajstić information content (AvgIpc) is 3.07. The smallest absolute Gasteiger partial charge is 0.122 e. The lowest BCUT2D eigenvalue weighted by atomic mass is 9.91. The fourth-order valence-corrected chi connectivity index (χ4v) is 2.50. The molecular formula is C16H18O3. The van der Waals surface area contributed by atoms with Crippen LogP contribution in [0.1, 0.15) is 30.0 Å². The second-order valence-corrected chi connectivity index (χ2v) is 5.33. The fraction of sp³-hybridized carbons (Fsp3) is 0.375. The molecule has 0 amide bonds. The van der Waals surface area contributed by atoms with E-state index in [1.165, 1.54) is 11.1 Å². The Morgan fingerprint density at radius 3 is 3.00 bits per heavy atom. The third-order valence-corrected chi connectivity index (χ3v) is 3.80. The van der Waals surface area contributed by atoms with Gasteiger partial charge in [-0.05, 0) is 43.0 Å². The number of rotatable bonds is 4. The van der Waals surface area contributed by atoms with Gasteiger partial charge >= 0.3 is 0 Å². The number of fused-ring (bicyclic) bond motifs is 1. The van der Waals surface area contributed by atoms with E-state index in [4.69, 9.17) is 9.15 Å². The second-order valence-electron chi connectivity index (χ2n) is 5.33. The zero-order valence-electron chi connectivity index (χ0n) is 11.1. The van der Waals surface area contributed by atoms with Crippen molar-refractivity contribution in [1.82, 2.24) is 0 Å². The third-order valence-electron chi connectivity index (χ3n) is 3.80. The Balaban J connectivity index is 1.69. The molecule has 0 saturated carbocycles. The van der Waals surface area contributed by atoms with Gasteiger partial charge in [-0.2, -0.15) is 0 Å². The van der Waals surface area contributed by atoms with Crippen molar-refractivity contribution in [2.45, 2.75) is 31.8 Å². The number of aryl methyl sites for hydroxylation is 1. The predicted molar refractivity (Wildman–Crippen MR) is 72.2 cm³/mol. The number of hydrogen-bond donors (Lipinski definition) is 1. The molecule has 0 fully saturated rings. The standard InChI is InChI=1S/C16H18O3/c1-16(17,14-6-8-18-11-14)7-4-12-2-3-15-13(10-12)5-9-19-15/h2-3,6,8,10-11,17H,4-5,7,9H2,1H3. The van der Waals surface area contributed by atoms with E-state index in [1.807, 2.05) is 19.1 Å². The van der Waals surface area contributed by atoms with Gasteiger partial charge in [0.1, 0.15) is 5.75 Å². The first-order valence-electron chi connectivity index (χ1n) is 6.65. The Morgan fingerprint density at radius 1 is 1.32 bits per heavy atom. The quantitative estimate of drug-likeness (QED) is 0.916. The Morgan fingerprint density at radius 2 is 2.21 bits per heavy atom. The van der Waals surface area contributed by atoms with Gasteiger partial charge in [-0.15, -0.1) is 0 Å². The van der Waals surface area contributed by atoms with E-state index in [9.17, 15) is 5.11 Å². The molecule has 100 valence electrons. The van der Waals surface area contributed by atoms with Gasteiger partial charge in [0.15, 0.2) is 0 Å². The van der Waals surface area contributed by atoms with Crippen molar-refractivity contribution >= 4 is 0 Å². The molecule has 1 aromatic carbocycles. The predicted octanol–water partition coefficient (Wildman–Crippen LogP) is 3.05. The summed E-state index contributed by atoms with van der Waals surface area (Å²) >= 11 is 0. The lowest BCUT2D eigenvalue weighted by Crippen LogP contribution is -2.21. The van der Waals surface area contributed by atoms with Gasteiger partial charge < -0.3 is 14.3 Å². The molecule has 0 bridgehead atoms. The maximum atomic E-state index is 10.4. The highest BCUT2D eigenvalue weighted by Crippen LogP contribution is 2.29. The number of hydrogen-bond acceptors (Lipinski definition) is 3. The van der Waals surface area contributed by atoms with Gasteiger partial charge in [0.2, 0.25) is 0 Å². The van der Waals surface area contributed by atoms with Crippen LogP contribution in [0.5, 0.6) is 5.75 Å². The van der Waals surface area contributed by atoms with E-state index >= 15 is 0 Å². The Labute approximate surface area is 112 Å². The summed E-state index contributed by atoms with van der Waals surface area (Å²) in [4.78, 5) is 0. The molecule has 0 radical (unpaired) electrons. The highest BCUT2D eigenvalue weighted by Gasteiger charge is 2.24. The van der Waals surface area contributed by atoms with Crippen LogP contribution in [0.3, 0.4) is 0 Å². The summed E-state index contributed by atoms with van der Waals surface area (Å²) in [6.07, 6.45) is 5.70. The van der Waals surface area contributed by atoms with Crippen molar-refractivity contribution in [3.63, 3.8) is 0 Å². The van der Waals surface area contributed by atoms with Gasteiger partial charge in [-0.25, -0.2) is 0 Å². The van der Waals surface area contributed by atoms with Crippen LogP contribution in [0.4, 0.5) is 0 Å². The summed E-state index contributed by atoms with van der Waals surface area (Å²) in [5.41, 5.74) is 2.51. The summed E-state index contributed by atoms with van der Waals surface area (Å²) in [5.74, 6) is 1.00. The van der Waals surface area contributed by atoms with Crippen molar-refractivity contribution in [2.24, 2.45) is 0 Å². The molecular weight excluding hydrogens is 240 g/mol. The van der Waals surface area contributed by atoms with Gasteiger partial charge in [0.25, 0.3) is 0 Å². The van der Waals surface area contributed by atoms with Gasteiger partial charge in [0.05, 0.1) is 24.7 Å². The summed E-state index contributed by atoms with van der Waals surface area (Å²) in [6, 6.07) is 8.12. The van der Waals surface area contributed by atoms with Gasteiger partial charge in [-0.3, -0.25) is 0 Å². The zero-order chi connectivity index (χ0) is 13.3. The van der Waals surface area contributed by atoms with Crippen molar-refractivity contribution < 1.29 is 14.3 Å². The van der Waals surface area contributed by atoms with E-state index in [1.54, 1.807) is 12.5 Å². The van der Waals surface area contributed by atoms with E-state index in [2.05, 4.69) is 12.1 Å².